The van der Waals surface area contributed by atoms with Crippen LogP contribution in [-0.4, -0.2) is 56.3 Å². The molecule has 0 unspecified atom stereocenters. The van der Waals surface area contributed by atoms with Crippen LogP contribution in [0.15, 0.2) is 47.4 Å². The van der Waals surface area contributed by atoms with Gasteiger partial charge in [-0.25, -0.2) is 12.8 Å². The number of amides is 1. The fourth-order valence-corrected chi connectivity index (χ4v) is 5.04. The summed E-state index contributed by atoms with van der Waals surface area (Å²) in [6.07, 6.45) is 0.210. The summed E-state index contributed by atoms with van der Waals surface area (Å²) >= 11 is 12.1. The number of benzene rings is 2. The first kappa shape index (κ1) is 22.0. The summed E-state index contributed by atoms with van der Waals surface area (Å²) in [6.45, 7) is 1.83. The molecule has 1 aliphatic rings. The molecule has 3 rings (SSSR count). The molecule has 2 aromatic rings. The van der Waals surface area contributed by atoms with Gasteiger partial charge in [-0.15, -0.1) is 0 Å². The number of carbonyl (C=O) groups excluding carboxylic acids is 1. The third-order valence-corrected chi connectivity index (χ3v) is 7.23. The Bertz CT molecular complexity index is 976. The SMILES string of the molecule is O=C(CCN1CCN(S(=O)(=O)c2ccccc2F)CC1)Nc1c(Cl)cccc1Cl. The highest BCUT2D eigenvalue weighted by molar-refractivity contribution is 7.89. The maximum absolute atomic E-state index is 13.9. The minimum absolute atomic E-state index is 0.210. The molecule has 29 heavy (non-hydrogen) atoms. The van der Waals surface area contributed by atoms with Gasteiger partial charge in [0.1, 0.15) is 10.7 Å². The molecule has 1 saturated heterocycles. The van der Waals surface area contributed by atoms with Crippen molar-refractivity contribution in [3.63, 3.8) is 0 Å². The average molecular weight is 460 g/mol. The summed E-state index contributed by atoms with van der Waals surface area (Å²) in [7, 11) is -3.87. The third-order valence-electron chi connectivity index (χ3n) is 4.67. The lowest BCUT2D eigenvalue weighted by molar-refractivity contribution is -0.116. The molecule has 10 heteroatoms. The lowest BCUT2D eigenvalue weighted by Gasteiger charge is -2.33. The lowest BCUT2D eigenvalue weighted by Crippen LogP contribution is -2.49. The van der Waals surface area contributed by atoms with Gasteiger partial charge in [0, 0.05) is 39.1 Å². The molecule has 1 N–H and O–H groups in total. The highest BCUT2D eigenvalue weighted by Gasteiger charge is 2.30. The van der Waals surface area contributed by atoms with Crippen molar-refractivity contribution < 1.29 is 17.6 Å². The van der Waals surface area contributed by atoms with Gasteiger partial charge in [-0.05, 0) is 24.3 Å². The standard InChI is InChI=1S/C19H20Cl2FN3O3S/c20-14-4-3-5-15(21)19(14)23-18(26)8-9-24-10-12-25(13-11-24)29(27,28)17-7-2-1-6-16(17)22/h1-7H,8-13H2,(H,23,26). The van der Waals surface area contributed by atoms with E-state index in [0.717, 1.165) is 6.07 Å². The Balaban J connectivity index is 1.51. The number of hydrogen-bond acceptors (Lipinski definition) is 4. The van der Waals surface area contributed by atoms with Crippen molar-refractivity contribution in [3.8, 4) is 0 Å². The Hall–Kier alpha value is -1.71. The largest absolute Gasteiger partial charge is 0.324 e. The van der Waals surface area contributed by atoms with Crippen molar-refractivity contribution in [2.75, 3.05) is 38.0 Å². The zero-order valence-electron chi connectivity index (χ0n) is 15.4. The van der Waals surface area contributed by atoms with Crippen LogP contribution < -0.4 is 5.32 Å². The van der Waals surface area contributed by atoms with Crippen LogP contribution in [0.2, 0.25) is 10.0 Å². The van der Waals surface area contributed by atoms with Crippen LogP contribution >= 0.6 is 23.2 Å². The van der Waals surface area contributed by atoms with E-state index in [1.165, 1.54) is 22.5 Å². The van der Waals surface area contributed by atoms with Gasteiger partial charge in [0.2, 0.25) is 15.9 Å². The van der Waals surface area contributed by atoms with E-state index in [0.29, 0.717) is 35.4 Å². The summed E-state index contributed by atoms with van der Waals surface area (Å²) in [4.78, 5) is 13.9. The second-order valence-electron chi connectivity index (χ2n) is 6.57. The Morgan fingerprint density at radius 1 is 1.00 bits per heavy atom. The molecule has 0 aromatic heterocycles. The van der Waals surface area contributed by atoms with Crippen molar-refractivity contribution in [1.82, 2.24) is 9.21 Å². The molecule has 0 aliphatic carbocycles. The first-order chi connectivity index (χ1) is 13.8. The van der Waals surface area contributed by atoms with Gasteiger partial charge < -0.3 is 10.2 Å². The monoisotopic (exact) mass is 459 g/mol. The first-order valence-electron chi connectivity index (χ1n) is 9.00. The van der Waals surface area contributed by atoms with Crippen LogP contribution in [-0.2, 0) is 14.8 Å². The van der Waals surface area contributed by atoms with Gasteiger partial charge in [-0.3, -0.25) is 4.79 Å². The quantitative estimate of drug-likeness (QED) is 0.717. The Labute approximate surface area is 179 Å². The van der Waals surface area contributed by atoms with Crippen molar-refractivity contribution >= 4 is 44.8 Å². The number of para-hydroxylation sites is 1. The fourth-order valence-electron chi connectivity index (χ4n) is 3.07. The third kappa shape index (κ3) is 5.26. The van der Waals surface area contributed by atoms with E-state index in [-0.39, 0.29) is 30.3 Å². The van der Waals surface area contributed by atoms with Gasteiger partial charge in [0.15, 0.2) is 0 Å². The van der Waals surface area contributed by atoms with Crippen LogP contribution in [0, 0.1) is 5.82 Å². The van der Waals surface area contributed by atoms with Crippen LogP contribution in [0.1, 0.15) is 6.42 Å². The van der Waals surface area contributed by atoms with Gasteiger partial charge in [-0.1, -0.05) is 41.4 Å². The number of halogens is 3. The number of carbonyl (C=O) groups is 1. The molecule has 0 saturated carbocycles. The minimum atomic E-state index is -3.87. The molecule has 1 aliphatic heterocycles. The molecule has 0 radical (unpaired) electrons. The van der Waals surface area contributed by atoms with Crippen LogP contribution in [0.5, 0.6) is 0 Å². The normalized spacial score (nSPS) is 16.0. The van der Waals surface area contributed by atoms with E-state index in [2.05, 4.69) is 5.32 Å². The average Bonchev–Trinajstić information content (AvgIpc) is 2.70. The first-order valence-corrected chi connectivity index (χ1v) is 11.2. The van der Waals surface area contributed by atoms with Crippen molar-refractivity contribution in [1.29, 1.82) is 0 Å². The summed E-state index contributed by atoms with van der Waals surface area (Å²) in [5, 5.41) is 3.42. The summed E-state index contributed by atoms with van der Waals surface area (Å²) in [5.41, 5.74) is 0.377. The maximum atomic E-state index is 13.9. The van der Waals surface area contributed by atoms with Crippen LogP contribution in [0.3, 0.4) is 0 Å². The maximum Gasteiger partial charge on any atom is 0.246 e. The van der Waals surface area contributed by atoms with E-state index < -0.39 is 15.8 Å². The van der Waals surface area contributed by atoms with Gasteiger partial charge in [0.05, 0.1) is 15.7 Å². The zero-order chi connectivity index (χ0) is 21.0. The van der Waals surface area contributed by atoms with E-state index >= 15 is 0 Å². The summed E-state index contributed by atoms with van der Waals surface area (Å²) in [5.74, 6) is -0.994. The van der Waals surface area contributed by atoms with Crippen LogP contribution in [0.25, 0.3) is 0 Å². The topological polar surface area (TPSA) is 69.7 Å². The Morgan fingerprint density at radius 3 is 2.24 bits per heavy atom. The second-order valence-corrected chi connectivity index (χ2v) is 9.29. The zero-order valence-corrected chi connectivity index (χ0v) is 17.8. The van der Waals surface area contributed by atoms with Gasteiger partial charge >= 0.3 is 0 Å². The molecule has 1 heterocycles. The van der Waals surface area contributed by atoms with E-state index in [1.807, 2.05) is 4.90 Å². The minimum Gasteiger partial charge on any atom is -0.324 e. The number of rotatable bonds is 6. The fraction of sp³-hybridized carbons (Fsp3) is 0.316. The molecular weight excluding hydrogens is 440 g/mol. The summed E-state index contributed by atoms with van der Waals surface area (Å²) in [6, 6.07) is 10.3. The number of nitrogens with one attached hydrogen (secondary N) is 1. The molecule has 0 atom stereocenters. The lowest BCUT2D eigenvalue weighted by atomic mass is 10.2. The summed E-state index contributed by atoms with van der Waals surface area (Å²) < 4.78 is 40.4. The molecule has 156 valence electrons. The van der Waals surface area contributed by atoms with Crippen LogP contribution in [0.4, 0.5) is 10.1 Å². The van der Waals surface area contributed by atoms with Crippen molar-refractivity contribution in [2.24, 2.45) is 0 Å². The molecular formula is C19H20Cl2FN3O3S. The molecule has 0 spiro atoms. The number of nitrogens with zero attached hydrogens (tertiary/aromatic N) is 2. The second kappa shape index (κ2) is 9.40. The van der Waals surface area contributed by atoms with Crippen molar-refractivity contribution in [3.05, 3.63) is 58.3 Å². The van der Waals surface area contributed by atoms with Gasteiger partial charge in [-0.2, -0.15) is 4.31 Å². The molecule has 2 aromatic carbocycles. The van der Waals surface area contributed by atoms with E-state index in [9.17, 15) is 17.6 Å². The molecule has 1 fully saturated rings. The molecule has 6 nitrogen and oxygen atoms in total. The highest BCUT2D eigenvalue weighted by Crippen LogP contribution is 2.29. The number of sulfonamides is 1. The smallest absolute Gasteiger partial charge is 0.246 e. The van der Waals surface area contributed by atoms with E-state index in [1.54, 1.807) is 18.2 Å². The predicted octanol–water partition coefficient (Wildman–Crippen LogP) is 3.47. The number of hydrogen-bond donors (Lipinski definition) is 1. The molecule has 1 amide bonds. The predicted molar refractivity (Wildman–Crippen MR) is 111 cm³/mol. The number of piperazine rings is 1. The van der Waals surface area contributed by atoms with Gasteiger partial charge in [0.25, 0.3) is 0 Å². The highest BCUT2D eigenvalue weighted by atomic mass is 35.5. The molecule has 0 bridgehead atoms. The number of anilines is 1. The van der Waals surface area contributed by atoms with Crippen molar-refractivity contribution in [2.45, 2.75) is 11.3 Å². The van der Waals surface area contributed by atoms with E-state index in [4.69, 9.17) is 23.2 Å². The Morgan fingerprint density at radius 2 is 1.62 bits per heavy atom. The Kier molecular flexibility index (Phi) is 7.13.